The molecule has 0 aliphatic carbocycles. The van der Waals surface area contributed by atoms with Gasteiger partial charge in [-0.1, -0.05) is 12.1 Å². The Labute approximate surface area is 83.6 Å². The predicted molar refractivity (Wildman–Crippen MR) is 54.2 cm³/mol. The predicted octanol–water partition coefficient (Wildman–Crippen LogP) is 1.57. The van der Waals surface area contributed by atoms with E-state index >= 15 is 0 Å². The number of nitrogens with two attached hydrogens (primary N) is 1. The zero-order chi connectivity index (χ0) is 10.6. The maximum Gasteiger partial charge on any atom is 0.185 e. The van der Waals surface area contributed by atoms with Gasteiger partial charge in [-0.25, -0.2) is 0 Å². The summed E-state index contributed by atoms with van der Waals surface area (Å²) >= 11 is 0. The van der Waals surface area contributed by atoms with Gasteiger partial charge >= 0.3 is 0 Å². The van der Waals surface area contributed by atoms with Crippen molar-refractivity contribution in [2.24, 2.45) is 0 Å². The molecule has 78 valence electrons. The van der Waals surface area contributed by atoms with Crippen molar-refractivity contribution >= 4 is 5.69 Å². The minimum Gasteiger partial charge on any atom is -0.495 e. The van der Waals surface area contributed by atoms with Crippen LogP contribution in [0.3, 0.4) is 0 Å². The topological polar surface area (TPSA) is 53.7 Å². The van der Waals surface area contributed by atoms with E-state index in [2.05, 4.69) is 0 Å². The molecule has 0 heterocycles. The maximum atomic E-state index is 5.86. The number of methoxy groups -OCH3 is 3. The monoisotopic (exact) mass is 197 g/mol. The van der Waals surface area contributed by atoms with Crippen LogP contribution in [-0.2, 0) is 9.47 Å². The summed E-state index contributed by atoms with van der Waals surface area (Å²) in [5.41, 5.74) is 7.18. The molecule has 1 rings (SSSR count). The standard InChI is InChI=1S/C10H15NO3/c1-12-8-6-4-5-7(9(8)11)10(13-2)14-3/h4-6,10H,11H2,1-3H3. The first-order valence-corrected chi connectivity index (χ1v) is 4.22. The zero-order valence-electron chi connectivity index (χ0n) is 8.61. The zero-order valence-corrected chi connectivity index (χ0v) is 8.61. The van der Waals surface area contributed by atoms with Crippen molar-refractivity contribution in [1.82, 2.24) is 0 Å². The van der Waals surface area contributed by atoms with Crippen LogP contribution in [0.1, 0.15) is 11.9 Å². The van der Waals surface area contributed by atoms with Crippen LogP contribution in [0.25, 0.3) is 0 Å². The lowest BCUT2D eigenvalue weighted by Gasteiger charge is -2.17. The lowest BCUT2D eigenvalue weighted by molar-refractivity contribution is -0.105. The van der Waals surface area contributed by atoms with Crippen molar-refractivity contribution in [2.75, 3.05) is 27.1 Å². The molecule has 1 aromatic rings. The number of hydrogen-bond donors (Lipinski definition) is 1. The number of para-hydroxylation sites is 1. The molecule has 4 nitrogen and oxygen atoms in total. The number of hydrogen-bond acceptors (Lipinski definition) is 4. The van der Waals surface area contributed by atoms with Gasteiger partial charge in [0.2, 0.25) is 0 Å². The molecule has 0 unspecified atom stereocenters. The quantitative estimate of drug-likeness (QED) is 0.588. The Morgan fingerprint density at radius 2 is 1.79 bits per heavy atom. The van der Waals surface area contributed by atoms with Crippen LogP contribution >= 0.6 is 0 Å². The minimum absolute atomic E-state index is 0.454. The van der Waals surface area contributed by atoms with E-state index in [1.54, 1.807) is 27.4 Å². The third-order valence-electron chi connectivity index (χ3n) is 2.00. The maximum absolute atomic E-state index is 5.86. The Bertz CT molecular complexity index is 297. The van der Waals surface area contributed by atoms with Crippen molar-refractivity contribution in [2.45, 2.75) is 6.29 Å². The van der Waals surface area contributed by atoms with Gasteiger partial charge in [0.25, 0.3) is 0 Å². The highest BCUT2D eigenvalue weighted by Crippen LogP contribution is 2.30. The van der Waals surface area contributed by atoms with Gasteiger partial charge in [-0.2, -0.15) is 0 Å². The summed E-state index contributed by atoms with van der Waals surface area (Å²) in [5, 5.41) is 0. The molecule has 0 spiro atoms. The van der Waals surface area contributed by atoms with Crippen LogP contribution in [0.4, 0.5) is 5.69 Å². The van der Waals surface area contributed by atoms with Crippen molar-refractivity contribution < 1.29 is 14.2 Å². The van der Waals surface area contributed by atoms with E-state index in [-0.39, 0.29) is 0 Å². The first-order chi connectivity index (χ1) is 6.74. The van der Waals surface area contributed by atoms with Crippen molar-refractivity contribution in [3.63, 3.8) is 0 Å². The second-order valence-corrected chi connectivity index (χ2v) is 2.77. The number of ether oxygens (including phenoxy) is 3. The molecule has 1 aromatic carbocycles. The van der Waals surface area contributed by atoms with Crippen LogP contribution < -0.4 is 10.5 Å². The molecule has 0 aliphatic rings. The van der Waals surface area contributed by atoms with Crippen LogP contribution in [0.15, 0.2) is 18.2 Å². The number of rotatable bonds is 4. The highest BCUT2D eigenvalue weighted by Gasteiger charge is 2.14. The van der Waals surface area contributed by atoms with E-state index in [0.29, 0.717) is 11.4 Å². The molecule has 0 saturated carbocycles. The molecule has 14 heavy (non-hydrogen) atoms. The third-order valence-corrected chi connectivity index (χ3v) is 2.00. The lowest BCUT2D eigenvalue weighted by Crippen LogP contribution is -2.07. The van der Waals surface area contributed by atoms with E-state index in [0.717, 1.165) is 5.56 Å². The molecule has 0 radical (unpaired) electrons. The van der Waals surface area contributed by atoms with Gasteiger partial charge in [0.15, 0.2) is 6.29 Å². The fraction of sp³-hybridized carbons (Fsp3) is 0.400. The summed E-state index contributed by atoms with van der Waals surface area (Å²) in [6.07, 6.45) is -0.454. The van der Waals surface area contributed by atoms with Gasteiger partial charge in [0.1, 0.15) is 5.75 Å². The first kappa shape index (κ1) is 10.8. The Hall–Kier alpha value is -1.26. The van der Waals surface area contributed by atoms with Gasteiger partial charge in [0.05, 0.1) is 12.8 Å². The normalized spacial score (nSPS) is 10.6. The minimum atomic E-state index is -0.454. The summed E-state index contributed by atoms with van der Waals surface area (Å²) in [6.45, 7) is 0. The summed E-state index contributed by atoms with van der Waals surface area (Å²) < 4.78 is 15.3. The third kappa shape index (κ3) is 1.97. The Morgan fingerprint density at radius 1 is 1.14 bits per heavy atom. The molecule has 2 N–H and O–H groups in total. The highest BCUT2D eigenvalue weighted by molar-refractivity contribution is 5.58. The van der Waals surface area contributed by atoms with Crippen LogP contribution in [0.5, 0.6) is 5.75 Å². The van der Waals surface area contributed by atoms with Crippen LogP contribution in [0, 0.1) is 0 Å². The molecular formula is C10H15NO3. The smallest absolute Gasteiger partial charge is 0.185 e. The van der Waals surface area contributed by atoms with Gasteiger partial charge in [-0.05, 0) is 6.07 Å². The molecule has 4 heteroatoms. The molecule has 0 saturated heterocycles. The molecule has 0 fully saturated rings. The summed E-state index contributed by atoms with van der Waals surface area (Å²) in [6, 6.07) is 5.48. The van der Waals surface area contributed by atoms with Gasteiger partial charge < -0.3 is 19.9 Å². The Balaban J connectivity index is 3.07. The second-order valence-electron chi connectivity index (χ2n) is 2.77. The first-order valence-electron chi connectivity index (χ1n) is 4.22. The van der Waals surface area contributed by atoms with Crippen molar-refractivity contribution in [3.05, 3.63) is 23.8 Å². The number of benzene rings is 1. The fourth-order valence-electron chi connectivity index (χ4n) is 1.29. The summed E-state index contributed by atoms with van der Waals surface area (Å²) in [4.78, 5) is 0. The number of anilines is 1. The molecule has 0 aromatic heterocycles. The Morgan fingerprint density at radius 3 is 2.29 bits per heavy atom. The molecule has 0 aliphatic heterocycles. The number of nitrogen functional groups attached to an aromatic ring is 1. The summed E-state index contributed by atoms with van der Waals surface area (Å²) in [7, 11) is 4.70. The van der Waals surface area contributed by atoms with E-state index < -0.39 is 6.29 Å². The van der Waals surface area contributed by atoms with E-state index in [1.165, 1.54) is 0 Å². The average molecular weight is 197 g/mol. The SMILES string of the molecule is COc1cccc(C(OC)OC)c1N. The lowest BCUT2D eigenvalue weighted by atomic mass is 10.1. The average Bonchev–Trinajstić information content (AvgIpc) is 2.22. The van der Waals surface area contributed by atoms with E-state index in [1.807, 2.05) is 12.1 Å². The van der Waals surface area contributed by atoms with E-state index in [9.17, 15) is 0 Å². The fourth-order valence-corrected chi connectivity index (χ4v) is 1.29. The molecule has 0 bridgehead atoms. The molecule has 0 atom stereocenters. The Kier molecular flexibility index (Phi) is 3.73. The molecule has 0 amide bonds. The van der Waals surface area contributed by atoms with Gasteiger partial charge in [-0.15, -0.1) is 0 Å². The van der Waals surface area contributed by atoms with Crippen LogP contribution in [0.2, 0.25) is 0 Å². The van der Waals surface area contributed by atoms with Gasteiger partial charge in [0, 0.05) is 19.8 Å². The largest absolute Gasteiger partial charge is 0.495 e. The highest BCUT2D eigenvalue weighted by atomic mass is 16.7. The van der Waals surface area contributed by atoms with Crippen molar-refractivity contribution in [1.29, 1.82) is 0 Å². The van der Waals surface area contributed by atoms with Crippen LogP contribution in [-0.4, -0.2) is 21.3 Å². The molecular weight excluding hydrogens is 182 g/mol. The summed E-state index contributed by atoms with van der Waals surface area (Å²) in [5.74, 6) is 0.626. The van der Waals surface area contributed by atoms with Gasteiger partial charge in [-0.3, -0.25) is 0 Å². The van der Waals surface area contributed by atoms with Crippen molar-refractivity contribution in [3.8, 4) is 5.75 Å². The second kappa shape index (κ2) is 4.83. The van der Waals surface area contributed by atoms with E-state index in [4.69, 9.17) is 19.9 Å².